The average Bonchev–Trinajstić information content (AvgIpc) is 3.83. The molecule has 212 valence electrons. The predicted octanol–water partition coefficient (Wildman–Crippen LogP) is 9.64. The van der Waals surface area contributed by atoms with E-state index < -0.39 is 0 Å². The van der Waals surface area contributed by atoms with E-state index in [-0.39, 0.29) is 0 Å². The molecule has 3 aromatic heterocycles. The van der Waals surface area contributed by atoms with Gasteiger partial charge in [0.25, 0.3) is 0 Å². The summed E-state index contributed by atoms with van der Waals surface area (Å²) in [6.45, 7) is 0. The van der Waals surface area contributed by atoms with Gasteiger partial charge in [0.15, 0.2) is 11.6 Å². The van der Waals surface area contributed by atoms with Gasteiger partial charge in [-0.3, -0.25) is 4.57 Å². The second kappa shape index (κ2) is 10.2. The van der Waals surface area contributed by atoms with Crippen molar-refractivity contribution in [3.05, 3.63) is 164 Å². The van der Waals surface area contributed by atoms with Crippen molar-refractivity contribution in [2.75, 3.05) is 0 Å². The molecule has 0 atom stereocenters. The minimum absolute atomic E-state index is 0.810. The normalized spacial score (nSPS) is 11.6. The van der Waals surface area contributed by atoms with E-state index in [1.165, 1.54) is 27.2 Å². The predicted molar refractivity (Wildman–Crippen MR) is 183 cm³/mol. The van der Waals surface area contributed by atoms with Crippen molar-refractivity contribution >= 4 is 32.7 Å². The van der Waals surface area contributed by atoms with Crippen molar-refractivity contribution < 1.29 is 0 Å². The molecule has 5 heteroatoms. The second-order valence-corrected chi connectivity index (χ2v) is 11.2. The molecule has 6 aromatic carbocycles. The van der Waals surface area contributed by atoms with Crippen molar-refractivity contribution in [2.24, 2.45) is 0 Å². The summed E-state index contributed by atoms with van der Waals surface area (Å²) in [5, 5.41) is 13.0. The Labute approximate surface area is 259 Å². The highest BCUT2D eigenvalue weighted by atomic mass is 15.3. The van der Waals surface area contributed by atoms with Gasteiger partial charge in [-0.05, 0) is 60.7 Å². The highest BCUT2D eigenvalue weighted by Crippen LogP contribution is 2.36. The summed E-state index contributed by atoms with van der Waals surface area (Å²) in [5.74, 6) is 1.62. The summed E-state index contributed by atoms with van der Waals surface area (Å²) in [6.07, 6.45) is 2.16. The van der Waals surface area contributed by atoms with Crippen molar-refractivity contribution in [2.45, 2.75) is 0 Å². The van der Waals surface area contributed by atoms with Gasteiger partial charge in [0.1, 0.15) is 0 Å². The van der Waals surface area contributed by atoms with E-state index in [0.29, 0.717) is 0 Å². The van der Waals surface area contributed by atoms with Crippen molar-refractivity contribution in [1.82, 2.24) is 23.9 Å². The van der Waals surface area contributed by atoms with Gasteiger partial charge >= 0.3 is 0 Å². The van der Waals surface area contributed by atoms with Crippen molar-refractivity contribution in [3.8, 4) is 39.8 Å². The molecule has 0 spiro atoms. The van der Waals surface area contributed by atoms with Gasteiger partial charge in [0.05, 0.1) is 16.6 Å². The Bertz CT molecular complexity index is 2390. The Morgan fingerprint density at radius 1 is 0.378 bits per heavy atom. The third-order valence-corrected chi connectivity index (χ3v) is 8.61. The topological polar surface area (TPSA) is 40.6 Å². The summed E-state index contributed by atoms with van der Waals surface area (Å²) in [7, 11) is 0. The van der Waals surface area contributed by atoms with Crippen LogP contribution in [0.1, 0.15) is 0 Å². The molecule has 0 aliphatic rings. The number of fused-ring (bicyclic) bond motifs is 4. The maximum Gasteiger partial charge on any atom is 0.168 e. The lowest BCUT2D eigenvalue weighted by atomic mass is 10.1. The van der Waals surface area contributed by atoms with Crippen LogP contribution in [-0.4, -0.2) is 23.9 Å². The Kier molecular flexibility index (Phi) is 5.74. The number of benzene rings is 6. The van der Waals surface area contributed by atoms with Gasteiger partial charge in [-0.15, -0.1) is 10.2 Å². The van der Waals surface area contributed by atoms with Crippen LogP contribution in [0.3, 0.4) is 0 Å². The first-order valence-electron chi connectivity index (χ1n) is 15.1. The molecule has 0 aliphatic heterocycles. The van der Waals surface area contributed by atoms with Crippen molar-refractivity contribution in [3.63, 3.8) is 0 Å². The van der Waals surface area contributed by atoms with Crippen LogP contribution in [0.15, 0.2) is 164 Å². The van der Waals surface area contributed by atoms with E-state index in [9.17, 15) is 0 Å². The van der Waals surface area contributed by atoms with Crippen LogP contribution < -0.4 is 0 Å². The smallest absolute Gasteiger partial charge is 0.168 e. The van der Waals surface area contributed by atoms with Gasteiger partial charge in [-0.2, -0.15) is 0 Å². The van der Waals surface area contributed by atoms with Gasteiger partial charge in [0, 0.05) is 50.5 Å². The first kappa shape index (κ1) is 25.3. The van der Waals surface area contributed by atoms with Crippen LogP contribution in [0.5, 0.6) is 0 Å². The molecule has 0 saturated heterocycles. The molecule has 0 radical (unpaired) electrons. The van der Waals surface area contributed by atoms with Crippen LogP contribution >= 0.6 is 0 Å². The fraction of sp³-hybridized carbons (Fsp3) is 0. The summed E-state index contributed by atoms with van der Waals surface area (Å²) in [6, 6.07) is 55.3. The molecule has 0 amide bonds. The molecular formula is C40H27N5. The largest absolute Gasteiger partial charge is 0.316 e. The third-order valence-electron chi connectivity index (χ3n) is 8.61. The fourth-order valence-corrected chi connectivity index (χ4v) is 6.52. The van der Waals surface area contributed by atoms with Crippen LogP contribution in [0.2, 0.25) is 0 Å². The van der Waals surface area contributed by atoms with E-state index in [0.717, 1.165) is 45.4 Å². The summed E-state index contributed by atoms with van der Waals surface area (Å²) in [4.78, 5) is 0. The minimum Gasteiger partial charge on any atom is -0.316 e. The van der Waals surface area contributed by atoms with E-state index in [1.807, 2.05) is 36.4 Å². The number of rotatable bonds is 5. The first-order chi connectivity index (χ1) is 22.3. The minimum atomic E-state index is 0.810. The molecule has 0 aliphatic carbocycles. The lowest BCUT2D eigenvalue weighted by molar-refractivity contribution is 1.06. The van der Waals surface area contributed by atoms with E-state index in [2.05, 4.69) is 151 Å². The van der Waals surface area contributed by atoms with E-state index >= 15 is 0 Å². The van der Waals surface area contributed by atoms with Crippen LogP contribution in [0.4, 0.5) is 0 Å². The molecule has 0 bridgehead atoms. The Hall–Kier alpha value is -6.20. The zero-order chi connectivity index (χ0) is 29.7. The summed E-state index contributed by atoms with van der Waals surface area (Å²) < 4.78 is 6.78. The van der Waals surface area contributed by atoms with Crippen molar-refractivity contribution in [1.29, 1.82) is 0 Å². The number of nitrogens with zero attached hydrogens (tertiary/aromatic N) is 5. The van der Waals surface area contributed by atoms with Crippen LogP contribution in [0, 0.1) is 0 Å². The number of hydrogen-bond donors (Lipinski definition) is 0. The Morgan fingerprint density at radius 3 is 1.60 bits per heavy atom. The second-order valence-electron chi connectivity index (χ2n) is 11.2. The highest BCUT2D eigenvalue weighted by Gasteiger charge is 2.18. The quantitative estimate of drug-likeness (QED) is 0.204. The van der Waals surface area contributed by atoms with Crippen LogP contribution in [0.25, 0.3) is 72.5 Å². The molecule has 0 fully saturated rings. The number of para-hydroxylation sites is 2. The summed E-state index contributed by atoms with van der Waals surface area (Å²) >= 11 is 0. The van der Waals surface area contributed by atoms with Gasteiger partial charge in [-0.25, -0.2) is 0 Å². The Morgan fingerprint density at radius 2 is 0.933 bits per heavy atom. The Balaban J connectivity index is 1.19. The average molecular weight is 578 g/mol. The first-order valence-corrected chi connectivity index (χ1v) is 15.1. The molecule has 0 saturated carbocycles. The van der Waals surface area contributed by atoms with Gasteiger partial charge in [-0.1, -0.05) is 97.1 Å². The highest BCUT2D eigenvalue weighted by molar-refractivity contribution is 6.13. The number of hydrogen-bond acceptors (Lipinski definition) is 2. The van der Waals surface area contributed by atoms with Gasteiger partial charge < -0.3 is 9.13 Å². The van der Waals surface area contributed by atoms with E-state index in [4.69, 9.17) is 0 Å². The molecule has 45 heavy (non-hydrogen) atoms. The van der Waals surface area contributed by atoms with Crippen LogP contribution in [-0.2, 0) is 0 Å². The lowest BCUT2D eigenvalue weighted by Crippen LogP contribution is -2.01. The summed E-state index contributed by atoms with van der Waals surface area (Å²) in [5.41, 5.74) is 8.85. The standard InChI is InChI=1S/C40H27N5/c1-4-12-28(13-5-1)39-41-42-40(29-14-6-2-7-15-29)45(39)33-22-20-31(21-23-33)43-25-24-30-26-35-34-18-10-11-19-36(34)44(38(35)27-37(30)43)32-16-8-3-9-17-32/h1-27H. The van der Waals surface area contributed by atoms with E-state index in [1.54, 1.807) is 0 Å². The molecule has 9 rings (SSSR count). The third kappa shape index (κ3) is 4.09. The molecule has 0 N–H and O–H groups in total. The molecule has 0 unspecified atom stereocenters. The lowest BCUT2D eigenvalue weighted by Gasteiger charge is -2.13. The monoisotopic (exact) mass is 577 g/mol. The fourth-order valence-electron chi connectivity index (χ4n) is 6.52. The maximum absolute atomic E-state index is 4.64. The molecule has 3 heterocycles. The molecule has 9 aromatic rings. The molecule has 5 nitrogen and oxygen atoms in total. The zero-order valence-electron chi connectivity index (χ0n) is 24.3. The van der Waals surface area contributed by atoms with Gasteiger partial charge in [0.2, 0.25) is 0 Å². The molecular weight excluding hydrogens is 550 g/mol. The number of aromatic nitrogens is 5. The zero-order valence-corrected chi connectivity index (χ0v) is 24.3. The SMILES string of the molecule is c1ccc(-c2nnc(-c3ccccc3)n2-c2ccc(-n3ccc4cc5c6ccccc6n(-c6ccccc6)c5cc43)cc2)cc1. The maximum atomic E-state index is 4.64.